The predicted octanol–water partition coefficient (Wildman–Crippen LogP) is 2.03. The molecule has 0 spiro atoms. The van der Waals surface area contributed by atoms with Crippen LogP contribution in [-0.2, 0) is 0 Å². The van der Waals surface area contributed by atoms with E-state index in [0.29, 0.717) is 5.65 Å². The summed E-state index contributed by atoms with van der Waals surface area (Å²) < 4.78 is 14.9. The Hall–Kier alpha value is -3.09. The molecule has 0 fully saturated rings. The Morgan fingerprint density at radius 2 is 2.09 bits per heavy atom. The van der Waals surface area contributed by atoms with Crippen LogP contribution in [0.5, 0.6) is 5.75 Å². The van der Waals surface area contributed by atoms with Gasteiger partial charge in [-0.05, 0) is 30.7 Å². The number of aryl methyl sites for hydroxylation is 1. The summed E-state index contributed by atoms with van der Waals surface area (Å²) >= 11 is 0. The molecule has 0 aliphatic carbocycles. The van der Waals surface area contributed by atoms with Gasteiger partial charge in [-0.2, -0.15) is 0 Å². The van der Waals surface area contributed by atoms with Crippen molar-refractivity contribution < 1.29 is 14.3 Å². The molecule has 0 atom stereocenters. The van der Waals surface area contributed by atoms with Gasteiger partial charge in [-0.15, -0.1) is 0 Å². The van der Waals surface area contributed by atoms with Crippen molar-refractivity contribution in [3.05, 3.63) is 64.0 Å². The van der Waals surface area contributed by atoms with Gasteiger partial charge in [0.25, 0.3) is 11.5 Å². The number of hydrogen-bond acceptors (Lipinski definition) is 3. The number of nitrogens with one attached hydrogen (secondary N) is 2. The van der Waals surface area contributed by atoms with E-state index >= 15 is 0 Å². The van der Waals surface area contributed by atoms with E-state index in [4.69, 9.17) is 5.11 Å². The highest BCUT2D eigenvalue weighted by atomic mass is 19.1. The van der Waals surface area contributed by atoms with Crippen LogP contribution in [0.4, 0.5) is 10.1 Å². The average molecular weight is 301 g/mol. The first-order valence-corrected chi connectivity index (χ1v) is 6.46. The van der Waals surface area contributed by atoms with Crippen LogP contribution in [0.25, 0.3) is 5.65 Å². The summed E-state index contributed by atoms with van der Waals surface area (Å²) in [5.74, 6) is -1.65. The Labute approximate surface area is 123 Å². The summed E-state index contributed by atoms with van der Waals surface area (Å²) in [5, 5.41) is 11.5. The van der Waals surface area contributed by atoms with Crippen LogP contribution in [0.1, 0.15) is 16.1 Å². The molecule has 0 saturated carbocycles. The van der Waals surface area contributed by atoms with Crippen molar-refractivity contribution in [1.29, 1.82) is 0 Å². The minimum atomic E-state index is -0.767. The van der Waals surface area contributed by atoms with Crippen LogP contribution in [0, 0.1) is 12.7 Å². The Kier molecular flexibility index (Phi) is 3.17. The van der Waals surface area contributed by atoms with Crippen molar-refractivity contribution in [3.8, 4) is 5.75 Å². The molecule has 3 aromatic rings. The first-order chi connectivity index (χ1) is 10.5. The van der Waals surface area contributed by atoms with E-state index in [1.165, 1.54) is 28.8 Å². The molecule has 0 radical (unpaired) electrons. The van der Waals surface area contributed by atoms with Gasteiger partial charge in [0.2, 0.25) is 0 Å². The van der Waals surface area contributed by atoms with Crippen LogP contribution in [-0.4, -0.2) is 20.4 Å². The number of phenolic OH excluding ortho intramolecular Hbond substituents is 1. The highest BCUT2D eigenvalue weighted by Gasteiger charge is 2.15. The number of aromatic hydroxyl groups is 1. The van der Waals surface area contributed by atoms with Gasteiger partial charge in [0.1, 0.15) is 22.9 Å². The van der Waals surface area contributed by atoms with Crippen LogP contribution < -0.4 is 10.9 Å². The molecular formula is C15H12FN3O3. The molecule has 1 aromatic carbocycles. The predicted molar refractivity (Wildman–Crippen MR) is 78.8 cm³/mol. The summed E-state index contributed by atoms with van der Waals surface area (Å²) in [6.45, 7) is 1.77. The molecule has 0 bridgehead atoms. The van der Waals surface area contributed by atoms with Crippen LogP contribution in [0.2, 0.25) is 0 Å². The van der Waals surface area contributed by atoms with Gasteiger partial charge in [-0.3, -0.25) is 14.0 Å². The van der Waals surface area contributed by atoms with E-state index < -0.39 is 11.7 Å². The number of hydrogen-bond donors (Lipinski definition) is 3. The first kappa shape index (κ1) is 13.9. The Morgan fingerprint density at radius 3 is 2.82 bits per heavy atom. The van der Waals surface area contributed by atoms with Gasteiger partial charge < -0.3 is 15.4 Å². The highest BCUT2D eigenvalue weighted by Crippen LogP contribution is 2.20. The lowest BCUT2D eigenvalue weighted by atomic mass is 10.2. The van der Waals surface area contributed by atoms with Gasteiger partial charge in [0.15, 0.2) is 0 Å². The molecule has 0 unspecified atom stereocenters. The number of amides is 1. The molecule has 0 aliphatic heterocycles. The monoisotopic (exact) mass is 301 g/mol. The Morgan fingerprint density at radius 1 is 1.32 bits per heavy atom. The van der Waals surface area contributed by atoms with Crippen LogP contribution in [0.3, 0.4) is 0 Å². The van der Waals surface area contributed by atoms with E-state index in [0.717, 1.165) is 11.6 Å². The molecule has 3 rings (SSSR count). The lowest BCUT2D eigenvalue weighted by Crippen LogP contribution is -2.21. The first-order valence-electron chi connectivity index (χ1n) is 6.46. The normalized spacial score (nSPS) is 10.8. The second kappa shape index (κ2) is 5.03. The second-order valence-electron chi connectivity index (χ2n) is 4.88. The molecule has 112 valence electrons. The number of halogens is 1. The zero-order valence-corrected chi connectivity index (χ0v) is 11.6. The third-order valence-electron chi connectivity index (χ3n) is 3.21. The number of carbonyl (C=O) groups excluding carboxylic acids is 1. The maximum atomic E-state index is 13.6. The average Bonchev–Trinajstić information content (AvgIpc) is 2.86. The molecule has 2 heterocycles. The SMILES string of the molecule is Cc1cc(=O)n2c(C(=O)Nc3ccc(O)cc3F)c[nH]c2c1. The number of H-pyrrole nitrogens is 1. The third kappa shape index (κ3) is 2.32. The number of carbonyl (C=O) groups is 1. The molecule has 22 heavy (non-hydrogen) atoms. The molecule has 6 nitrogen and oxygen atoms in total. The number of aromatic nitrogens is 2. The van der Waals surface area contributed by atoms with Gasteiger partial charge >= 0.3 is 0 Å². The number of anilines is 1. The highest BCUT2D eigenvalue weighted by molar-refractivity contribution is 6.03. The van der Waals surface area contributed by atoms with Crippen molar-refractivity contribution in [2.75, 3.05) is 5.32 Å². The van der Waals surface area contributed by atoms with Crippen molar-refractivity contribution in [3.63, 3.8) is 0 Å². The van der Waals surface area contributed by atoms with Gasteiger partial charge in [-0.1, -0.05) is 0 Å². The number of aromatic amines is 1. The number of nitrogens with zero attached hydrogens (tertiary/aromatic N) is 1. The maximum Gasteiger partial charge on any atom is 0.274 e. The summed E-state index contributed by atoms with van der Waals surface area (Å²) in [6.07, 6.45) is 1.38. The van der Waals surface area contributed by atoms with E-state index in [-0.39, 0.29) is 22.7 Å². The van der Waals surface area contributed by atoms with Gasteiger partial charge in [-0.25, -0.2) is 4.39 Å². The van der Waals surface area contributed by atoms with E-state index in [2.05, 4.69) is 10.3 Å². The summed E-state index contributed by atoms with van der Waals surface area (Å²) in [5.41, 5.74) is 0.863. The summed E-state index contributed by atoms with van der Waals surface area (Å²) in [7, 11) is 0. The van der Waals surface area contributed by atoms with E-state index in [9.17, 15) is 14.0 Å². The second-order valence-corrected chi connectivity index (χ2v) is 4.88. The number of benzene rings is 1. The van der Waals surface area contributed by atoms with E-state index in [1.54, 1.807) is 13.0 Å². The Bertz CT molecular complexity index is 943. The Balaban J connectivity index is 2.01. The smallest absolute Gasteiger partial charge is 0.274 e. The molecular weight excluding hydrogens is 289 g/mol. The fraction of sp³-hybridized carbons (Fsp3) is 0.0667. The number of pyridine rings is 1. The fourth-order valence-corrected chi connectivity index (χ4v) is 2.22. The van der Waals surface area contributed by atoms with Gasteiger partial charge in [0, 0.05) is 18.3 Å². The van der Waals surface area contributed by atoms with Crippen molar-refractivity contribution in [1.82, 2.24) is 9.38 Å². The number of phenols is 1. The zero-order valence-electron chi connectivity index (χ0n) is 11.6. The van der Waals surface area contributed by atoms with Crippen molar-refractivity contribution in [2.45, 2.75) is 6.92 Å². The summed E-state index contributed by atoms with van der Waals surface area (Å²) in [6, 6.07) is 6.51. The molecule has 0 saturated heterocycles. The fourth-order valence-electron chi connectivity index (χ4n) is 2.22. The molecule has 7 heteroatoms. The lowest BCUT2D eigenvalue weighted by Gasteiger charge is -2.06. The van der Waals surface area contributed by atoms with Gasteiger partial charge in [0.05, 0.1) is 5.69 Å². The quantitative estimate of drug-likeness (QED) is 0.633. The topological polar surface area (TPSA) is 86.6 Å². The van der Waals surface area contributed by atoms with Crippen LogP contribution >= 0.6 is 0 Å². The number of imidazole rings is 1. The molecule has 0 aliphatic rings. The molecule has 2 aromatic heterocycles. The van der Waals surface area contributed by atoms with Crippen molar-refractivity contribution >= 4 is 17.2 Å². The standard InChI is InChI=1S/C15H12FN3O3/c1-8-4-13-17-7-12(19(13)14(21)5-8)15(22)18-11-3-2-9(20)6-10(11)16/h2-7,17,20H,1H3,(H,18,22). The van der Waals surface area contributed by atoms with E-state index in [1.807, 2.05) is 0 Å². The zero-order chi connectivity index (χ0) is 15.9. The van der Waals surface area contributed by atoms with Crippen LogP contribution in [0.15, 0.2) is 41.3 Å². The third-order valence-corrected chi connectivity index (χ3v) is 3.21. The molecule has 1 amide bonds. The molecule has 3 N–H and O–H groups in total. The largest absolute Gasteiger partial charge is 0.508 e. The summed E-state index contributed by atoms with van der Waals surface area (Å²) in [4.78, 5) is 27.1. The minimum Gasteiger partial charge on any atom is -0.508 e. The number of fused-ring (bicyclic) bond motifs is 1. The van der Waals surface area contributed by atoms with Crippen molar-refractivity contribution in [2.24, 2.45) is 0 Å². The number of rotatable bonds is 2. The lowest BCUT2D eigenvalue weighted by molar-refractivity contribution is 0.102. The minimum absolute atomic E-state index is 0.0625. The maximum absolute atomic E-state index is 13.6.